The van der Waals surface area contributed by atoms with E-state index in [2.05, 4.69) is 10.4 Å². The number of esters is 1. The lowest BCUT2D eigenvalue weighted by atomic mass is 10.2. The van der Waals surface area contributed by atoms with Crippen LogP contribution in [0.15, 0.2) is 48.5 Å². The highest BCUT2D eigenvalue weighted by atomic mass is 35.5. The molecule has 1 amide bonds. The van der Waals surface area contributed by atoms with Crippen LogP contribution in [0.4, 0.5) is 10.1 Å². The van der Waals surface area contributed by atoms with E-state index in [1.54, 1.807) is 44.2 Å². The van der Waals surface area contributed by atoms with E-state index in [-0.39, 0.29) is 23.1 Å². The van der Waals surface area contributed by atoms with Crippen molar-refractivity contribution in [2.45, 2.75) is 20.4 Å². The monoisotopic (exact) mass is 415 g/mol. The zero-order chi connectivity index (χ0) is 21.0. The van der Waals surface area contributed by atoms with Gasteiger partial charge < -0.3 is 10.1 Å². The highest BCUT2D eigenvalue weighted by molar-refractivity contribution is 6.33. The summed E-state index contributed by atoms with van der Waals surface area (Å²) >= 11 is 6.39. The number of hydrogen-bond acceptors (Lipinski definition) is 4. The Morgan fingerprint density at radius 3 is 2.62 bits per heavy atom. The minimum atomic E-state index is -0.468. The van der Waals surface area contributed by atoms with Crippen LogP contribution < -0.4 is 5.32 Å². The number of rotatable bonds is 6. The molecule has 0 aliphatic rings. The number of amides is 1. The average molecular weight is 416 g/mol. The minimum absolute atomic E-state index is 0.172. The molecule has 0 spiro atoms. The maximum Gasteiger partial charge on any atom is 0.338 e. The number of halogens is 2. The van der Waals surface area contributed by atoms with Gasteiger partial charge in [0.25, 0.3) is 5.91 Å². The molecule has 0 unspecified atom stereocenters. The molecule has 2 aromatic carbocycles. The van der Waals surface area contributed by atoms with Gasteiger partial charge in [-0.1, -0.05) is 29.8 Å². The third-order valence-electron chi connectivity index (χ3n) is 4.17. The molecule has 0 aliphatic carbocycles. The standard InChI is InChI=1S/C21H19ClFN3O3/c1-3-29-21(28)15-5-4-6-17(11-15)24-20(27)18-13(2)25-26(19(18)22)12-14-7-9-16(23)10-8-14/h4-11H,3,12H2,1-2H3,(H,24,27). The second-order valence-electron chi connectivity index (χ2n) is 6.29. The zero-order valence-electron chi connectivity index (χ0n) is 15.9. The van der Waals surface area contributed by atoms with Crippen LogP contribution >= 0.6 is 11.6 Å². The predicted octanol–water partition coefficient (Wildman–Crippen LogP) is 4.46. The van der Waals surface area contributed by atoms with Crippen LogP contribution in [-0.4, -0.2) is 28.3 Å². The quantitative estimate of drug-likeness (QED) is 0.603. The Hall–Kier alpha value is -3.19. The first-order chi connectivity index (χ1) is 13.9. The van der Waals surface area contributed by atoms with Crippen molar-refractivity contribution in [3.05, 3.63) is 81.9 Å². The van der Waals surface area contributed by atoms with E-state index in [9.17, 15) is 14.0 Å². The van der Waals surface area contributed by atoms with Gasteiger partial charge in [0.05, 0.1) is 30.0 Å². The summed E-state index contributed by atoms with van der Waals surface area (Å²) in [7, 11) is 0. The Morgan fingerprint density at radius 2 is 1.93 bits per heavy atom. The van der Waals surface area contributed by atoms with Gasteiger partial charge in [-0.05, 0) is 49.7 Å². The second kappa shape index (κ2) is 8.87. The van der Waals surface area contributed by atoms with Crippen molar-refractivity contribution < 1.29 is 18.7 Å². The van der Waals surface area contributed by atoms with Crippen molar-refractivity contribution in [1.82, 2.24) is 9.78 Å². The van der Waals surface area contributed by atoms with Crippen molar-refractivity contribution in [3.8, 4) is 0 Å². The van der Waals surface area contributed by atoms with Gasteiger partial charge in [0, 0.05) is 5.69 Å². The van der Waals surface area contributed by atoms with E-state index < -0.39 is 11.9 Å². The van der Waals surface area contributed by atoms with Gasteiger partial charge in [0.15, 0.2) is 0 Å². The number of aromatic nitrogens is 2. The number of benzene rings is 2. The Morgan fingerprint density at radius 1 is 1.21 bits per heavy atom. The average Bonchev–Trinajstić information content (AvgIpc) is 2.97. The number of anilines is 1. The lowest BCUT2D eigenvalue weighted by Crippen LogP contribution is -2.14. The van der Waals surface area contributed by atoms with E-state index in [1.807, 2.05) is 0 Å². The maximum absolute atomic E-state index is 13.1. The molecule has 29 heavy (non-hydrogen) atoms. The highest BCUT2D eigenvalue weighted by Gasteiger charge is 2.21. The van der Waals surface area contributed by atoms with Crippen molar-refractivity contribution in [2.75, 3.05) is 11.9 Å². The molecule has 1 heterocycles. The van der Waals surface area contributed by atoms with Crippen molar-refractivity contribution in [3.63, 3.8) is 0 Å². The SMILES string of the molecule is CCOC(=O)c1cccc(NC(=O)c2c(C)nn(Cc3ccc(F)cc3)c2Cl)c1. The first-order valence-electron chi connectivity index (χ1n) is 8.95. The summed E-state index contributed by atoms with van der Waals surface area (Å²) in [5.41, 5.74) is 2.25. The fraction of sp³-hybridized carbons (Fsp3) is 0.190. The summed E-state index contributed by atoms with van der Waals surface area (Å²) in [5.74, 6) is -1.24. The van der Waals surface area contributed by atoms with Gasteiger partial charge in [-0.25, -0.2) is 13.9 Å². The number of hydrogen-bond donors (Lipinski definition) is 1. The topological polar surface area (TPSA) is 73.2 Å². The van der Waals surface area contributed by atoms with Crippen molar-refractivity contribution >= 4 is 29.2 Å². The van der Waals surface area contributed by atoms with Gasteiger partial charge in [-0.2, -0.15) is 5.10 Å². The third kappa shape index (κ3) is 4.81. The number of ether oxygens (including phenoxy) is 1. The van der Waals surface area contributed by atoms with Crippen LogP contribution in [-0.2, 0) is 11.3 Å². The molecular formula is C21H19ClFN3O3. The molecule has 0 fully saturated rings. The summed E-state index contributed by atoms with van der Waals surface area (Å²) in [6.07, 6.45) is 0. The number of carbonyl (C=O) groups is 2. The van der Waals surface area contributed by atoms with E-state index in [0.29, 0.717) is 23.5 Å². The van der Waals surface area contributed by atoms with Gasteiger partial charge in [-0.3, -0.25) is 4.79 Å². The van der Waals surface area contributed by atoms with Crippen molar-refractivity contribution in [1.29, 1.82) is 0 Å². The molecule has 0 atom stereocenters. The molecule has 1 N–H and O–H groups in total. The molecule has 0 saturated carbocycles. The van der Waals surface area contributed by atoms with Gasteiger partial charge >= 0.3 is 5.97 Å². The summed E-state index contributed by atoms with van der Waals surface area (Å²) in [6.45, 7) is 3.96. The van der Waals surface area contributed by atoms with Crippen molar-refractivity contribution in [2.24, 2.45) is 0 Å². The van der Waals surface area contributed by atoms with Crippen LogP contribution in [0.2, 0.25) is 5.15 Å². The highest BCUT2D eigenvalue weighted by Crippen LogP contribution is 2.23. The summed E-state index contributed by atoms with van der Waals surface area (Å²) in [4.78, 5) is 24.6. The fourth-order valence-electron chi connectivity index (χ4n) is 2.81. The molecule has 0 aliphatic heterocycles. The molecule has 0 radical (unpaired) electrons. The molecule has 3 rings (SSSR count). The molecule has 3 aromatic rings. The number of nitrogens with zero attached hydrogens (tertiary/aromatic N) is 2. The Kier molecular flexibility index (Phi) is 6.29. The summed E-state index contributed by atoms with van der Waals surface area (Å²) in [5, 5.41) is 7.22. The number of aryl methyl sites for hydroxylation is 1. The summed E-state index contributed by atoms with van der Waals surface area (Å²) in [6, 6.07) is 12.4. The molecule has 8 heteroatoms. The molecule has 0 bridgehead atoms. The first kappa shape index (κ1) is 20.5. The Bertz CT molecular complexity index is 1050. The molecule has 150 valence electrons. The zero-order valence-corrected chi connectivity index (χ0v) is 16.7. The molecular weight excluding hydrogens is 397 g/mol. The van der Waals surface area contributed by atoms with E-state index in [1.165, 1.54) is 22.9 Å². The van der Waals surface area contributed by atoms with Gasteiger partial charge in [0.2, 0.25) is 0 Å². The first-order valence-corrected chi connectivity index (χ1v) is 9.32. The molecule has 6 nitrogen and oxygen atoms in total. The van der Waals surface area contributed by atoms with E-state index in [4.69, 9.17) is 16.3 Å². The lowest BCUT2D eigenvalue weighted by molar-refractivity contribution is 0.0526. The lowest BCUT2D eigenvalue weighted by Gasteiger charge is -2.08. The molecule has 1 aromatic heterocycles. The minimum Gasteiger partial charge on any atom is -0.462 e. The van der Waals surface area contributed by atoms with Crippen LogP contribution in [0.1, 0.15) is 38.9 Å². The smallest absolute Gasteiger partial charge is 0.338 e. The van der Waals surface area contributed by atoms with Crippen LogP contribution in [0.5, 0.6) is 0 Å². The summed E-state index contributed by atoms with van der Waals surface area (Å²) < 4.78 is 19.5. The van der Waals surface area contributed by atoms with Crippen LogP contribution in [0, 0.1) is 12.7 Å². The van der Waals surface area contributed by atoms with E-state index >= 15 is 0 Å². The van der Waals surface area contributed by atoms with Gasteiger partial charge in [-0.15, -0.1) is 0 Å². The van der Waals surface area contributed by atoms with Gasteiger partial charge in [0.1, 0.15) is 11.0 Å². The second-order valence-corrected chi connectivity index (χ2v) is 6.65. The largest absolute Gasteiger partial charge is 0.462 e. The Balaban J connectivity index is 1.79. The normalized spacial score (nSPS) is 10.6. The van der Waals surface area contributed by atoms with Crippen LogP contribution in [0.3, 0.4) is 0 Å². The van der Waals surface area contributed by atoms with E-state index in [0.717, 1.165) is 5.56 Å². The third-order valence-corrected chi connectivity index (χ3v) is 4.55. The number of carbonyl (C=O) groups excluding carboxylic acids is 2. The Labute approximate surface area is 172 Å². The predicted molar refractivity (Wildman–Crippen MR) is 108 cm³/mol. The fourth-order valence-corrected chi connectivity index (χ4v) is 3.13. The van der Waals surface area contributed by atoms with Crippen LogP contribution in [0.25, 0.3) is 0 Å². The number of nitrogens with one attached hydrogen (secondary N) is 1. The maximum atomic E-state index is 13.1. The molecule has 0 saturated heterocycles.